The zero-order valence-corrected chi connectivity index (χ0v) is 11.4. The quantitative estimate of drug-likeness (QED) is 0.490. The highest BCUT2D eigenvalue weighted by Crippen LogP contribution is 2.34. The number of carboxylic acids is 1. The van der Waals surface area contributed by atoms with E-state index in [9.17, 15) is 24.8 Å². The van der Waals surface area contributed by atoms with Crippen LogP contribution in [0, 0.1) is 10.1 Å². The van der Waals surface area contributed by atoms with Gasteiger partial charge in [0.25, 0.3) is 11.6 Å². The largest absolute Gasteiger partial charge is 0.480 e. The summed E-state index contributed by atoms with van der Waals surface area (Å²) in [7, 11) is 0. The highest BCUT2D eigenvalue weighted by Gasteiger charge is 2.47. The van der Waals surface area contributed by atoms with Crippen molar-refractivity contribution < 1.29 is 19.6 Å². The minimum absolute atomic E-state index is 0.0335. The predicted molar refractivity (Wildman–Crippen MR) is 73.8 cm³/mol. The van der Waals surface area contributed by atoms with Crippen LogP contribution in [-0.4, -0.2) is 38.9 Å². The van der Waals surface area contributed by atoms with Gasteiger partial charge in [0.15, 0.2) is 0 Å². The van der Waals surface area contributed by atoms with Gasteiger partial charge in [-0.2, -0.15) is 0 Å². The summed E-state index contributed by atoms with van der Waals surface area (Å²) in [5.74, 6) is -1.85. The van der Waals surface area contributed by atoms with E-state index < -0.39 is 28.0 Å². The summed E-state index contributed by atoms with van der Waals surface area (Å²) in [6.07, 6.45) is 0.823. The Morgan fingerprint density at radius 1 is 1.48 bits per heavy atom. The van der Waals surface area contributed by atoms with Crippen molar-refractivity contribution in [2.24, 2.45) is 0 Å². The molecule has 21 heavy (non-hydrogen) atoms. The molecule has 1 aliphatic rings. The second-order valence-corrected chi connectivity index (χ2v) is 5.14. The number of carbonyl (C=O) groups excluding carboxylic acids is 1. The maximum atomic E-state index is 12.6. The highest BCUT2D eigenvalue weighted by atomic mass is 16.6. The lowest BCUT2D eigenvalue weighted by atomic mass is 9.98. The number of amides is 1. The first-order valence-electron chi connectivity index (χ1n) is 6.37. The molecule has 1 heterocycles. The number of carboxylic acid groups (broad SMARTS) is 1. The van der Waals surface area contributed by atoms with Crippen LogP contribution in [0.3, 0.4) is 0 Å². The molecular formula is C13H15N3O5. The summed E-state index contributed by atoms with van der Waals surface area (Å²) in [5, 5.41) is 20.4. The topological polar surface area (TPSA) is 127 Å². The molecule has 0 saturated carbocycles. The van der Waals surface area contributed by atoms with Gasteiger partial charge in [0.05, 0.1) is 10.6 Å². The summed E-state index contributed by atoms with van der Waals surface area (Å²) < 4.78 is 0. The molecule has 1 atom stereocenters. The van der Waals surface area contributed by atoms with Gasteiger partial charge in [-0.25, -0.2) is 4.79 Å². The molecule has 8 nitrogen and oxygen atoms in total. The fraction of sp³-hybridized carbons (Fsp3) is 0.385. The summed E-state index contributed by atoms with van der Waals surface area (Å²) >= 11 is 0. The van der Waals surface area contributed by atoms with E-state index in [1.165, 1.54) is 25.1 Å². The van der Waals surface area contributed by atoms with Crippen molar-refractivity contribution in [1.82, 2.24) is 4.90 Å². The predicted octanol–water partition coefficient (Wildman–Crippen LogP) is 1.26. The lowest BCUT2D eigenvalue weighted by molar-refractivity contribution is -0.385. The second kappa shape index (κ2) is 5.04. The molecule has 8 heteroatoms. The first-order valence-corrected chi connectivity index (χ1v) is 6.37. The minimum atomic E-state index is -1.37. The number of benzene rings is 1. The lowest BCUT2D eigenvalue weighted by Gasteiger charge is -2.31. The maximum Gasteiger partial charge on any atom is 0.329 e. The normalized spacial score (nSPS) is 21.3. The Morgan fingerprint density at radius 2 is 2.14 bits per heavy atom. The van der Waals surface area contributed by atoms with Gasteiger partial charge >= 0.3 is 5.97 Å². The average Bonchev–Trinajstić information content (AvgIpc) is 2.81. The Labute approximate surface area is 120 Å². The van der Waals surface area contributed by atoms with E-state index in [-0.39, 0.29) is 17.8 Å². The van der Waals surface area contributed by atoms with Crippen LogP contribution >= 0.6 is 0 Å². The Morgan fingerprint density at radius 3 is 2.71 bits per heavy atom. The molecule has 0 radical (unpaired) electrons. The SMILES string of the molecule is C[C@]1(C(=O)O)CCCN1C(=O)c1c(N)cccc1[N+](=O)[O-]. The van der Waals surface area contributed by atoms with E-state index in [0.717, 1.165) is 4.90 Å². The third-order valence-corrected chi connectivity index (χ3v) is 3.83. The molecule has 1 aromatic carbocycles. The molecule has 0 aliphatic carbocycles. The molecule has 1 saturated heterocycles. The molecule has 3 N–H and O–H groups in total. The number of hydrogen-bond donors (Lipinski definition) is 2. The Bertz CT molecular complexity index is 630. The van der Waals surface area contributed by atoms with Crippen LogP contribution in [-0.2, 0) is 4.79 Å². The van der Waals surface area contributed by atoms with Crippen molar-refractivity contribution in [1.29, 1.82) is 0 Å². The van der Waals surface area contributed by atoms with Gasteiger partial charge in [0.1, 0.15) is 11.1 Å². The van der Waals surface area contributed by atoms with E-state index in [4.69, 9.17) is 5.73 Å². The van der Waals surface area contributed by atoms with E-state index in [1.807, 2.05) is 0 Å². The molecule has 2 rings (SSSR count). The third kappa shape index (κ3) is 2.28. The van der Waals surface area contributed by atoms with Crippen LogP contribution in [0.4, 0.5) is 11.4 Å². The lowest BCUT2D eigenvalue weighted by Crippen LogP contribution is -2.51. The number of nitrogens with two attached hydrogens (primary N) is 1. The molecule has 1 aromatic rings. The molecule has 0 aromatic heterocycles. The third-order valence-electron chi connectivity index (χ3n) is 3.83. The maximum absolute atomic E-state index is 12.6. The van der Waals surface area contributed by atoms with Crippen LogP contribution in [0.5, 0.6) is 0 Å². The molecule has 0 unspecified atom stereocenters. The van der Waals surface area contributed by atoms with E-state index in [0.29, 0.717) is 12.8 Å². The van der Waals surface area contributed by atoms with E-state index in [2.05, 4.69) is 0 Å². The Kier molecular flexibility index (Phi) is 3.54. The van der Waals surface area contributed by atoms with Gasteiger partial charge in [-0.15, -0.1) is 0 Å². The molecule has 1 amide bonds. The van der Waals surface area contributed by atoms with Gasteiger partial charge in [0.2, 0.25) is 0 Å². The van der Waals surface area contributed by atoms with Crippen molar-refractivity contribution in [3.05, 3.63) is 33.9 Å². The monoisotopic (exact) mass is 293 g/mol. The van der Waals surface area contributed by atoms with Crippen molar-refractivity contribution in [2.45, 2.75) is 25.3 Å². The number of anilines is 1. The van der Waals surface area contributed by atoms with Crippen LogP contribution in [0.25, 0.3) is 0 Å². The number of carbonyl (C=O) groups is 2. The summed E-state index contributed by atoms with van der Waals surface area (Å²) in [4.78, 5) is 35.5. The smallest absolute Gasteiger partial charge is 0.329 e. The van der Waals surface area contributed by atoms with Gasteiger partial charge in [0, 0.05) is 12.6 Å². The summed E-state index contributed by atoms with van der Waals surface area (Å²) in [6, 6.07) is 3.94. The van der Waals surface area contributed by atoms with Gasteiger partial charge in [-0.3, -0.25) is 14.9 Å². The fourth-order valence-electron chi connectivity index (χ4n) is 2.59. The van der Waals surface area contributed by atoms with Crippen molar-refractivity contribution >= 4 is 23.3 Å². The summed E-state index contributed by atoms with van der Waals surface area (Å²) in [6.45, 7) is 1.66. The standard InChI is InChI=1S/C13H15N3O5/c1-13(12(18)19)6-3-7-15(13)11(17)10-8(14)4-2-5-9(10)16(20)21/h2,4-5H,3,6-7,14H2,1H3,(H,18,19)/t13-/m1/s1. The Hall–Kier alpha value is -2.64. The molecular weight excluding hydrogens is 278 g/mol. The minimum Gasteiger partial charge on any atom is -0.480 e. The highest BCUT2D eigenvalue weighted by molar-refractivity contribution is 6.05. The van der Waals surface area contributed by atoms with Crippen molar-refractivity contribution in [3.63, 3.8) is 0 Å². The Balaban J connectivity index is 2.51. The second-order valence-electron chi connectivity index (χ2n) is 5.14. The first kappa shape index (κ1) is 14.8. The number of nitrogens with zero attached hydrogens (tertiary/aromatic N) is 2. The number of nitro benzene ring substituents is 1. The van der Waals surface area contributed by atoms with Crippen LogP contribution in [0.15, 0.2) is 18.2 Å². The molecule has 0 spiro atoms. The number of aliphatic carboxylic acids is 1. The number of hydrogen-bond acceptors (Lipinski definition) is 5. The van der Waals surface area contributed by atoms with Crippen molar-refractivity contribution in [2.75, 3.05) is 12.3 Å². The molecule has 0 bridgehead atoms. The fourth-order valence-corrected chi connectivity index (χ4v) is 2.59. The summed E-state index contributed by atoms with van der Waals surface area (Å²) in [5.41, 5.74) is 3.62. The van der Waals surface area contributed by atoms with Crippen LogP contribution in [0.2, 0.25) is 0 Å². The molecule has 112 valence electrons. The average molecular weight is 293 g/mol. The number of rotatable bonds is 3. The van der Waals surface area contributed by atoms with Crippen LogP contribution in [0.1, 0.15) is 30.1 Å². The molecule has 1 aliphatic heterocycles. The van der Waals surface area contributed by atoms with E-state index in [1.54, 1.807) is 0 Å². The van der Waals surface area contributed by atoms with E-state index >= 15 is 0 Å². The number of likely N-dealkylation sites (tertiary alicyclic amines) is 1. The van der Waals surface area contributed by atoms with Crippen molar-refractivity contribution in [3.8, 4) is 0 Å². The first-order chi connectivity index (χ1) is 9.79. The number of nitrogen functional groups attached to an aromatic ring is 1. The zero-order valence-electron chi connectivity index (χ0n) is 11.4. The molecule has 1 fully saturated rings. The van der Waals surface area contributed by atoms with Gasteiger partial charge in [-0.1, -0.05) is 6.07 Å². The zero-order chi connectivity index (χ0) is 15.8. The van der Waals surface area contributed by atoms with Gasteiger partial charge in [-0.05, 0) is 25.8 Å². The van der Waals surface area contributed by atoms with Crippen LogP contribution < -0.4 is 5.73 Å². The number of nitro groups is 1. The van der Waals surface area contributed by atoms with Gasteiger partial charge < -0.3 is 15.7 Å².